The van der Waals surface area contributed by atoms with Gasteiger partial charge in [0.1, 0.15) is 5.82 Å². The summed E-state index contributed by atoms with van der Waals surface area (Å²) >= 11 is 0. The van der Waals surface area contributed by atoms with E-state index >= 15 is 0 Å². The van der Waals surface area contributed by atoms with Crippen molar-refractivity contribution in [2.24, 2.45) is 5.92 Å². The molecule has 1 aromatic heterocycles. The molecule has 24 heavy (non-hydrogen) atoms. The summed E-state index contributed by atoms with van der Waals surface area (Å²) in [6.07, 6.45) is 3.27. The Labute approximate surface area is 139 Å². The summed E-state index contributed by atoms with van der Waals surface area (Å²) in [5, 5.41) is 16.6. The molecule has 1 aliphatic carbocycles. The quantitative estimate of drug-likeness (QED) is 0.768. The number of carbonyl (C=O) groups is 1. The molecule has 3 rings (SSSR count). The minimum atomic E-state index is -0.744. The van der Waals surface area contributed by atoms with Gasteiger partial charge in [-0.05, 0) is 49.1 Å². The SMILES string of the molecule is O=C(NCC(O)COCC1CC1)c1ccn(-c2ccc(F)cc2)n1. The molecule has 1 atom stereocenters. The Morgan fingerprint density at radius 1 is 1.38 bits per heavy atom. The molecule has 6 nitrogen and oxygen atoms in total. The molecule has 1 amide bonds. The van der Waals surface area contributed by atoms with Crippen molar-refractivity contribution in [2.45, 2.75) is 18.9 Å². The van der Waals surface area contributed by atoms with Crippen LogP contribution in [0.3, 0.4) is 0 Å². The van der Waals surface area contributed by atoms with E-state index in [1.807, 2.05) is 0 Å². The van der Waals surface area contributed by atoms with E-state index in [1.165, 1.54) is 29.7 Å². The third-order valence-corrected chi connectivity index (χ3v) is 3.77. The number of carbonyl (C=O) groups excluding carboxylic acids is 1. The second kappa shape index (κ2) is 7.55. The van der Waals surface area contributed by atoms with Gasteiger partial charge in [0, 0.05) is 19.3 Å². The van der Waals surface area contributed by atoms with Crippen LogP contribution in [0.5, 0.6) is 0 Å². The van der Waals surface area contributed by atoms with Crippen molar-refractivity contribution in [3.05, 3.63) is 48.0 Å². The molecular formula is C17H20FN3O3. The normalized spacial score (nSPS) is 15.2. The van der Waals surface area contributed by atoms with E-state index in [9.17, 15) is 14.3 Å². The van der Waals surface area contributed by atoms with Crippen LogP contribution < -0.4 is 5.32 Å². The molecule has 0 bridgehead atoms. The Bertz CT molecular complexity index is 683. The van der Waals surface area contributed by atoms with Crippen molar-refractivity contribution >= 4 is 5.91 Å². The van der Waals surface area contributed by atoms with E-state index < -0.39 is 6.10 Å². The molecule has 0 radical (unpaired) electrons. The fourth-order valence-electron chi connectivity index (χ4n) is 2.20. The van der Waals surface area contributed by atoms with Gasteiger partial charge in [-0.15, -0.1) is 0 Å². The zero-order valence-electron chi connectivity index (χ0n) is 13.2. The molecular weight excluding hydrogens is 313 g/mol. The number of amides is 1. The molecule has 1 aromatic carbocycles. The Hall–Kier alpha value is -2.25. The number of rotatable bonds is 8. The highest BCUT2D eigenvalue weighted by atomic mass is 19.1. The number of ether oxygens (including phenoxy) is 1. The van der Waals surface area contributed by atoms with Gasteiger partial charge in [-0.3, -0.25) is 4.79 Å². The average Bonchev–Trinajstić information content (AvgIpc) is 3.27. The number of aliphatic hydroxyl groups is 1. The highest BCUT2D eigenvalue weighted by Crippen LogP contribution is 2.28. The fourth-order valence-corrected chi connectivity index (χ4v) is 2.20. The van der Waals surface area contributed by atoms with Gasteiger partial charge in [0.25, 0.3) is 5.91 Å². The molecule has 7 heteroatoms. The van der Waals surface area contributed by atoms with Gasteiger partial charge >= 0.3 is 0 Å². The van der Waals surface area contributed by atoms with Gasteiger partial charge in [0.05, 0.1) is 18.4 Å². The summed E-state index contributed by atoms with van der Waals surface area (Å²) in [4.78, 5) is 12.0. The lowest BCUT2D eigenvalue weighted by Crippen LogP contribution is -2.35. The predicted octanol–water partition coefficient (Wildman–Crippen LogP) is 1.53. The Balaban J connectivity index is 1.47. The van der Waals surface area contributed by atoms with Crippen LogP contribution in [0.1, 0.15) is 23.3 Å². The van der Waals surface area contributed by atoms with Crippen molar-refractivity contribution in [3.8, 4) is 5.69 Å². The maximum atomic E-state index is 12.9. The van der Waals surface area contributed by atoms with Crippen LogP contribution in [-0.2, 0) is 4.74 Å². The number of halogens is 1. The molecule has 0 saturated heterocycles. The first-order chi connectivity index (χ1) is 11.6. The monoisotopic (exact) mass is 333 g/mol. The largest absolute Gasteiger partial charge is 0.389 e. The number of aliphatic hydroxyl groups excluding tert-OH is 1. The highest BCUT2D eigenvalue weighted by molar-refractivity contribution is 5.92. The molecule has 1 saturated carbocycles. The standard InChI is InChI=1S/C17H20FN3O3/c18-13-3-5-14(6-4-13)21-8-7-16(20-21)17(23)19-9-15(22)11-24-10-12-1-2-12/h3-8,12,15,22H,1-2,9-11H2,(H,19,23). The molecule has 0 spiro atoms. The number of nitrogens with one attached hydrogen (secondary N) is 1. The summed E-state index contributed by atoms with van der Waals surface area (Å²) in [5.41, 5.74) is 0.884. The van der Waals surface area contributed by atoms with E-state index in [0.717, 1.165) is 0 Å². The lowest BCUT2D eigenvalue weighted by molar-refractivity contribution is 0.0320. The molecule has 1 heterocycles. The van der Waals surface area contributed by atoms with Crippen molar-refractivity contribution in [3.63, 3.8) is 0 Å². The number of nitrogens with zero attached hydrogens (tertiary/aromatic N) is 2. The molecule has 0 aliphatic heterocycles. The van der Waals surface area contributed by atoms with E-state index in [-0.39, 0.29) is 30.6 Å². The minimum absolute atomic E-state index is 0.104. The van der Waals surface area contributed by atoms with Gasteiger partial charge in [-0.2, -0.15) is 5.10 Å². The first-order valence-corrected chi connectivity index (χ1v) is 7.97. The minimum Gasteiger partial charge on any atom is -0.389 e. The lowest BCUT2D eigenvalue weighted by atomic mass is 10.3. The second-order valence-electron chi connectivity index (χ2n) is 5.97. The van der Waals surface area contributed by atoms with Crippen LogP contribution in [0, 0.1) is 11.7 Å². The van der Waals surface area contributed by atoms with Gasteiger partial charge in [-0.25, -0.2) is 9.07 Å². The smallest absolute Gasteiger partial charge is 0.271 e. The highest BCUT2D eigenvalue weighted by Gasteiger charge is 2.21. The summed E-state index contributed by atoms with van der Waals surface area (Å²) in [7, 11) is 0. The van der Waals surface area contributed by atoms with E-state index in [4.69, 9.17) is 4.74 Å². The summed E-state index contributed by atoms with van der Waals surface area (Å²) < 4.78 is 19.8. The zero-order chi connectivity index (χ0) is 16.9. The van der Waals surface area contributed by atoms with E-state index in [2.05, 4.69) is 10.4 Å². The van der Waals surface area contributed by atoms with E-state index in [1.54, 1.807) is 24.4 Å². The van der Waals surface area contributed by atoms with Crippen LogP contribution in [0.15, 0.2) is 36.5 Å². The van der Waals surface area contributed by atoms with Gasteiger partial charge < -0.3 is 15.2 Å². The van der Waals surface area contributed by atoms with Crippen molar-refractivity contribution < 1.29 is 19.0 Å². The second-order valence-corrected chi connectivity index (χ2v) is 5.97. The van der Waals surface area contributed by atoms with Crippen molar-refractivity contribution in [1.82, 2.24) is 15.1 Å². The average molecular weight is 333 g/mol. The maximum Gasteiger partial charge on any atom is 0.271 e. The Morgan fingerprint density at radius 3 is 2.83 bits per heavy atom. The zero-order valence-corrected chi connectivity index (χ0v) is 13.2. The summed E-state index contributed by atoms with van der Waals surface area (Å²) in [5.74, 6) is -0.0684. The first-order valence-electron chi connectivity index (χ1n) is 7.97. The van der Waals surface area contributed by atoms with Crippen LogP contribution in [0.4, 0.5) is 4.39 Å². The van der Waals surface area contributed by atoms with Crippen LogP contribution in [0.25, 0.3) is 5.69 Å². The molecule has 2 N–H and O–H groups in total. The van der Waals surface area contributed by atoms with Gasteiger partial charge in [-0.1, -0.05) is 0 Å². The van der Waals surface area contributed by atoms with Crippen molar-refractivity contribution in [1.29, 1.82) is 0 Å². The Morgan fingerprint density at radius 2 is 2.12 bits per heavy atom. The summed E-state index contributed by atoms with van der Waals surface area (Å²) in [6, 6.07) is 7.37. The topological polar surface area (TPSA) is 76.4 Å². The van der Waals surface area contributed by atoms with Crippen molar-refractivity contribution in [2.75, 3.05) is 19.8 Å². The number of benzene rings is 1. The Kier molecular flexibility index (Phi) is 5.22. The fraction of sp³-hybridized carbons (Fsp3) is 0.412. The maximum absolute atomic E-state index is 12.9. The molecule has 2 aromatic rings. The molecule has 1 aliphatic rings. The third kappa shape index (κ3) is 4.62. The third-order valence-electron chi connectivity index (χ3n) is 3.77. The first kappa shape index (κ1) is 16.6. The van der Waals surface area contributed by atoms with E-state index in [0.29, 0.717) is 18.2 Å². The van der Waals surface area contributed by atoms with Gasteiger partial charge in [0.15, 0.2) is 5.69 Å². The number of hydrogen-bond donors (Lipinski definition) is 2. The predicted molar refractivity (Wildman–Crippen MR) is 85.4 cm³/mol. The van der Waals surface area contributed by atoms with Crippen LogP contribution >= 0.6 is 0 Å². The van der Waals surface area contributed by atoms with Gasteiger partial charge in [0.2, 0.25) is 0 Å². The molecule has 128 valence electrons. The van der Waals surface area contributed by atoms with Crippen LogP contribution in [-0.4, -0.2) is 46.7 Å². The molecule has 1 unspecified atom stereocenters. The molecule has 1 fully saturated rings. The lowest BCUT2D eigenvalue weighted by Gasteiger charge is -2.11. The summed E-state index contributed by atoms with van der Waals surface area (Å²) in [6.45, 7) is 0.987. The number of aromatic nitrogens is 2. The van der Waals surface area contributed by atoms with Crippen LogP contribution in [0.2, 0.25) is 0 Å². The number of hydrogen-bond acceptors (Lipinski definition) is 4.